The number of ether oxygens (including phenoxy) is 1. The van der Waals surface area contributed by atoms with Crippen molar-refractivity contribution < 1.29 is 9.13 Å². The van der Waals surface area contributed by atoms with Crippen molar-refractivity contribution in [3.05, 3.63) is 53.8 Å². The average molecular weight is 324 g/mol. The summed E-state index contributed by atoms with van der Waals surface area (Å²) in [5.74, 6) is 0.504. The van der Waals surface area contributed by atoms with Gasteiger partial charge in [0.1, 0.15) is 5.75 Å². The van der Waals surface area contributed by atoms with Gasteiger partial charge in [0.15, 0.2) is 11.6 Å². The second-order valence-corrected chi connectivity index (χ2v) is 4.95. The van der Waals surface area contributed by atoms with Crippen LogP contribution < -0.4 is 9.64 Å². The fourth-order valence-electron chi connectivity index (χ4n) is 1.66. The molecule has 0 saturated heterocycles. The highest BCUT2D eigenvalue weighted by Gasteiger charge is 2.06. The van der Waals surface area contributed by atoms with Gasteiger partial charge >= 0.3 is 0 Å². The summed E-state index contributed by atoms with van der Waals surface area (Å²) in [5, 5.41) is 0.625. The second kappa shape index (κ2) is 6.06. The Balaban J connectivity index is 2.23. The Morgan fingerprint density at radius 3 is 2.58 bits per heavy atom. The molecule has 0 spiro atoms. The lowest BCUT2D eigenvalue weighted by Gasteiger charge is -2.14. The van der Waals surface area contributed by atoms with Gasteiger partial charge in [0, 0.05) is 31.2 Å². The van der Waals surface area contributed by atoms with Gasteiger partial charge in [0.2, 0.25) is 0 Å². The van der Waals surface area contributed by atoms with E-state index in [-0.39, 0.29) is 11.6 Å². The molecule has 0 amide bonds. The van der Waals surface area contributed by atoms with Gasteiger partial charge in [0.05, 0.1) is 0 Å². The van der Waals surface area contributed by atoms with Crippen molar-refractivity contribution in [2.75, 3.05) is 19.0 Å². The number of rotatable bonds is 4. The summed E-state index contributed by atoms with van der Waals surface area (Å²) in [6, 6.07) is 12.5. The van der Waals surface area contributed by atoms with Crippen LogP contribution in [0.2, 0.25) is 0 Å². The molecule has 0 N–H and O–H groups in total. The van der Waals surface area contributed by atoms with Crippen molar-refractivity contribution in [1.29, 1.82) is 0 Å². The lowest BCUT2D eigenvalue weighted by atomic mass is 10.2. The summed E-state index contributed by atoms with van der Waals surface area (Å²) < 4.78 is 19.4. The Kier molecular flexibility index (Phi) is 4.43. The lowest BCUT2D eigenvalue weighted by Crippen LogP contribution is -2.08. The Labute approximate surface area is 120 Å². The van der Waals surface area contributed by atoms with E-state index in [1.54, 1.807) is 6.07 Å². The van der Waals surface area contributed by atoms with Gasteiger partial charge in [-0.2, -0.15) is 0 Å². The molecule has 0 atom stereocenters. The number of halogens is 2. The van der Waals surface area contributed by atoms with E-state index in [0.29, 0.717) is 11.1 Å². The molecule has 100 valence electrons. The normalized spacial score (nSPS) is 10.3. The van der Waals surface area contributed by atoms with Gasteiger partial charge in [-0.15, -0.1) is 0 Å². The average Bonchev–Trinajstić information content (AvgIpc) is 2.41. The van der Waals surface area contributed by atoms with Gasteiger partial charge in [-0.25, -0.2) is 4.39 Å². The summed E-state index contributed by atoms with van der Waals surface area (Å²) in [6.07, 6.45) is 0. The summed E-state index contributed by atoms with van der Waals surface area (Å²) in [5.41, 5.74) is 1.89. The van der Waals surface area contributed by atoms with E-state index in [4.69, 9.17) is 4.74 Å². The molecule has 4 heteroatoms. The largest absolute Gasteiger partial charge is 0.454 e. The quantitative estimate of drug-likeness (QED) is 0.764. The number of alkyl halides is 1. The summed E-state index contributed by atoms with van der Waals surface area (Å²) >= 11 is 3.30. The summed E-state index contributed by atoms with van der Waals surface area (Å²) in [7, 11) is 3.90. The third-order valence-corrected chi connectivity index (χ3v) is 3.36. The Bertz CT molecular complexity index is 572. The van der Waals surface area contributed by atoms with Crippen molar-refractivity contribution in [1.82, 2.24) is 0 Å². The molecule has 0 aliphatic rings. The molecule has 19 heavy (non-hydrogen) atoms. The van der Waals surface area contributed by atoms with E-state index in [9.17, 15) is 4.39 Å². The molecule has 0 heterocycles. The molecule has 0 aliphatic carbocycles. The van der Waals surface area contributed by atoms with Crippen molar-refractivity contribution in [3.63, 3.8) is 0 Å². The third kappa shape index (κ3) is 3.47. The first kappa shape index (κ1) is 13.9. The number of benzene rings is 2. The second-order valence-electron chi connectivity index (χ2n) is 4.39. The Morgan fingerprint density at radius 1 is 1.16 bits per heavy atom. The van der Waals surface area contributed by atoms with Crippen molar-refractivity contribution >= 4 is 21.6 Å². The molecule has 2 aromatic rings. The van der Waals surface area contributed by atoms with Crippen LogP contribution in [-0.2, 0) is 5.33 Å². The number of hydrogen-bond acceptors (Lipinski definition) is 2. The molecule has 0 radical (unpaired) electrons. The van der Waals surface area contributed by atoms with Crippen LogP contribution in [0.15, 0.2) is 42.5 Å². The fourth-order valence-corrected chi connectivity index (χ4v) is 2.01. The van der Waals surface area contributed by atoms with Crippen LogP contribution in [0.5, 0.6) is 11.5 Å². The van der Waals surface area contributed by atoms with Crippen molar-refractivity contribution in [2.24, 2.45) is 0 Å². The zero-order chi connectivity index (χ0) is 13.8. The minimum Gasteiger partial charge on any atom is -0.454 e. The highest BCUT2D eigenvalue weighted by atomic mass is 79.9. The van der Waals surface area contributed by atoms with Gasteiger partial charge in [-0.05, 0) is 29.8 Å². The molecule has 2 rings (SSSR count). The van der Waals surface area contributed by atoms with Gasteiger partial charge < -0.3 is 9.64 Å². The maximum atomic E-state index is 13.8. The van der Waals surface area contributed by atoms with E-state index >= 15 is 0 Å². The van der Waals surface area contributed by atoms with E-state index < -0.39 is 0 Å². The molecule has 0 aromatic heterocycles. The minimum absolute atomic E-state index is 0.237. The zero-order valence-electron chi connectivity index (χ0n) is 10.9. The first-order valence-corrected chi connectivity index (χ1v) is 7.02. The SMILES string of the molecule is CN(C)c1cccc(Oc2ccc(CBr)cc2F)c1. The van der Waals surface area contributed by atoms with Gasteiger partial charge in [-0.1, -0.05) is 28.1 Å². The van der Waals surface area contributed by atoms with Crippen LogP contribution in [0.4, 0.5) is 10.1 Å². The van der Waals surface area contributed by atoms with Crippen LogP contribution >= 0.6 is 15.9 Å². The monoisotopic (exact) mass is 323 g/mol. The number of hydrogen-bond donors (Lipinski definition) is 0. The Morgan fingerprint density at radius 2 is 1.95 bits per heavy atom. The highest BCUT2D eigenvalue weighted by Crippen LogP contribution is 2.28. The predicted octanol–water partition coefficient (Wildman–Crippen LogP) is 4.58. The molecule has 0 unspecified atom stereocenters. The van der Waals surface area contributed by atoms with Crippen LogP contribution in [0.1, 0.15) is 5.56 Å². The maximum Gasteiger partial charge on any atom is 0.166 e. The maximum absolute atomic E-state index is 13.8. The van der Waals surface area contributed by atoms with Crippen molar-refractivity contribution in [3.8, 4) is 11.5 Å². The van der Waals surface area contributed by atoms with E-state index in [1.807, 2.05) is 49.3 Å². The van der Waals surface area contributed by atoms with Crippen LogP contribution in [0.25, 0.3) is 0 Å². The van der Waals surface area contributed by atoms with Gasteiger partial charge in [0.25, 0.3) is 0 Å². The minimum atomic E-state index is -0.354. The number of anilines is 1. The Hall–Kier alpha value is -1.55. The first-order valence-electron chi connectivity index (χ1n) is 5.90. The summed E-state index contributed by atoms with van der Waals surface area (Å²) in [4.78, 5) is 1.97. The topological polar surface area (TPSA) is 12.5 Å². The third-order valence-electron chi connectivity index (χ3n) is 2.71. The number of nitrogens with zero attached hydrogens (tertiary/aromatic N) is 1. The smallest absolute Gasteiger partial charge is 0.166 e. The highest BCUT2D eigenvalue weighted by molar-refractivity contribution is 9.08. The van der Waals surface area contributed by atoms with E-state index in [1.165, 1.54) is 6.07 Å². The zero-order valence-corrected chi connectivity index (χ0v) is 12.4. The van der Waals surface area contributed by atoms with Crippen molar-refractivity contribution in [2.45, 2.75) is 5.33 Å². The summed E-state index contributed by atoms with van der Waals surface area (Å²) in [6.45, 7) is 0. The molecule has 2 aromatic carbocycles. The molecular formula is C15H15BrFNO. The van der Waals surface area contributed by atoms with E-state index in [2.05, 4.69) is 15.9 Å². The van der Waals surface area contributed by atoms with Crippen LogP contribution in [0.3, 0.4) is 0 Å². The molecular weight excluding hydrogens is 309 g/mol. The lowest BCUT2D eigenvalue weighted by molar-refractivity contribution is 0.442. The first-order chi connectivity index (χ1) is 9.10. The van der Waals surface area contributed by atoms with Gasteiger partial charge in [-0.3, -0.25) is 0 Å². The molecule has 2 nitrogen and oxygen atoms in total. The molecule has 0 saturated carbocycles. The molecule has 0 fully saturated rings. The standard InChI is InChI=1S/C15H15BrFNO/c1-18(2)12-4-3-5-13(9-12)19-15-7-6-11(10-16)8-14(15)17/h3-9H,10H2,1-2H3. The van der Waals surface area contributed by atoms with E-state index in [0.717, 1.165) is 11.3 Å². The molecule has 0 aliphatic heterocycles. The van der Waals surface area contributed by atoms with Crippen LogP contribution in [0, 0.1) is 5.82 Å². The van der Waals surface area contributed by atoms with Crippen LogP contribution in [-0.4, -0.2) is 14.1 Å². The fraction of sp³-hybridized carbons (Fsp3) is 0.200. The molecule has 0 bridgehead atoms. The predicted molar refractivity (Wildman–Crippen MR) is 79.9 cm³/mol.